The highest BCUT2D eigenvalue weighted by atomic mass is 32.2. The molecule has 0 aliphatic heterocycles. The number of sulfone groups is 1. The van der Waals surface area contributed by atoms with Crippen LogP contribution in [-0.2, 0) is 9.84 Å². The van der Waals surface area contributed by atoms with Gasteiger partial charge in [-0.15, -0.1) is 0 Å². The molecule has 0 spiro atoms. The third-order valence-corrected chi connectivity index (χ3v) is 4.46. The molecule has 1 atom stereocenters. The van der Waals surface area contributed by atoms with Crippen molar-refractivity contribution in [1.29, 1.82) is 0 Å². The summed E-state index contributed by atoms with van der Waals surface area (Å²) in [5.74, 6) is 0.0611. The molecular formula is C10H23NO3S. The Balaban J connectivity index is 3.86. The average molecular weight is 237 g/mol. The summed E-state index contributed by atoms with van der Waals surface area (Å²) >= 11 is 0. The molecule has 0 aromatic carbocycles. The van der Waals surface area contributed by atoms with E-state index >= 15 is 0 Å². The van der Waals surface area contributed by atoms with Crippen LogP contribution in [0.15, 0.2) is 0 Å². The predicted octanol–water partition coefficient (Wildman–Crippen LogP) is 0.559. The zero-order chi connectivity index (χ0) is 12.1. The summed E-state index contributed by atoms with van der Waals surface area (Å²) in [6.45, 7) is 7.74. The Morgan fingerprint density at radius 2 is 1.73 bits per heavy atom. The third-order valence-electron chi connectivity index (χ3n) is 2.22. The highest BCUT2D eigenvalue weighted by Gasteiger charge is 2.17. The zero-order valence-corrected chi connectivity index (χ0v) is 10.8. The van der Waals surface area contributed by atoms with Gasteiger partial charge in [-0.25, -0.2) is 8.42 Å². The van der Waals surface area contributed by atoms with Crippen LogP contribution in [0, 0.1) is 0 Å². The number of hydrogen-bond acceptors (Lipinski definition) is 4. The molecule has 15 heavy (non-hydrogen) atoms. The molecule has 0 aliphatic rings. The Hall–Kier alpha value is -0.130. The second kappa shape index (κ2) is 6.45. The first kappa shape index (κ1) is 14.9. The molecule has 0 saturated carbocycles. The summed E-state index contributed by atoms with van der Waals surface area (Å²) in [4.78, 5) is 0. The van der Waals surface area contributed by atoms with E-state index < -0.39 is 15.9 Å². The maximum Gasteiger partial charge on any atom is 0.152 e. The van der Waals surface area contributed by atoms with Crippen LogP contribution in [0.5, 0.6) is 0 Å². The van der Waals surface area contributed by atoms with Crippen molar-refractivity contribution in [2.24, 2.45) is 0 Å². The molecule has 0 aliphatic carbocycles. The molecule has 0 fully saturated rings. The highest BCUT2D eigenvalue weighted by molar-refractivity contribution is 7.91. The minimum atomic E-state index is -3.02. The molecule has 0 aromatic rings. The number of aliphatic hydroxyl groups is 1. The van der Waals surface area contributed by atoms with E-state index in [9.17, 15) is 13.5 Å². The Bertz CT molecular complexity index is 260. The number of rotatable bonds is 7. The van der Waals surface area contributed by atoms with E-state index in [1.54, 1.807) is 13.8 Å². The molecule has 0 bridgehead atoms. The maximum absolute atomic E-state index is 11.4. The van der Waals surface area contributed by atoms with Gasteiger partial charge in [-0.1, -0.05) is 13.8 Å². The van der Waals surface area contributed by atoms with Gasteiger partial charge in [-0.2, -0.15) is 0 Å². The third kappa shape index (κ3) is 6.87. The van der Waals surface area contributed by atoms with Crippen LogP contribution in [0.4, 0.5) is 0 Å². The largest absolute Gasteiger partial charge is 0.392 e. The fourth-order valence-corrected chi connectivity index (χ4v) is 2.08. The molecule has 0 saturated heterocycles. The van der Waals surface area contributed by atoms with E-state index in [2.05, 4.69) is 5.32 Å². The SMILES string of the molecule is CC(C)NCC(O)CCS(=O)(=O)C(C)C. The van der Waals surface area contributed by atoms with E-state index in [-0.39, 0.29) is 11.0 Å². The van der Waals surface area contributed by atoms with Crippen molar-refractivity contribution in [1.82, 2.24) is 5.32 Å². The van der Waals surface area contributed by atoms with Gasteiger partial charge in [0.1, 0.15) is 0 Å². The topological polar surface area (TPSA) is 66.4 Å². The van der Waals surface area contributed by atoms with Gasteiger partial charge in [0.05, 0.1) is 17.1 Å². The lowest BCUT2D eigenvalue weighted by molar-refractivity contribution is 0.165. The van der Waals surface area contributed by atoms with Crippen molar-refractivity contribution >= 4 is 9.84 Å². The molecule has 1 unspecified atom stereocenters. The van der Waals surface area contributed by atoms with E-state index in [1.807, 2.05) is 13.8 Å². The van der Waals surface area contributed by atoms with Crippen molar-refractivity contribution in [2.75, 3.05) is 12.3 Å². The lowest BCUT2D eigenvalue weighted by Crippen LogP contribution is -2.33. The van der Waals surface area contributed by atoms with Crippen LogP contribution in [0.2, 0.25) is 0 Å². The first-order valence-corrected chi connectivity index (χ1v) is 7.10. The van der Waals surface area contributed by atoms with Gasteiger partial charge in [0.25, 0.3) is 0 Å². The Morgan fingerprint density at radius 3 is 2.13 bits per heavy atom. The van der Waals surface area contributed by atoms with Crippen LogP contribution < -0.4 is 5.32 Å². The standard InChI is InChI=1S/C10H23NO3S/c1-8(2)11-7-10(12)5-6-15(13,14)9(3)4/h8-12H,5-7H2,1-4H3. The lowest BCUT2D eigenvalue weighted by Gasteiger charge is -2.14. The summed E-state index contributed by atoms with van der Waals surface area (Å²) in [5.41, 5.74) is 0. The van der Waals surface area contributed by atoms with E-state index in [0.717, 1.165) is 0 Å². The fourth-order valence-electron chi connectivity index (χ4n) is 1.01. The van der Waals surface area contributed by atoms with Crippen LogP contribution in [0.1, 0.15) is 34.1 Å². The van der Waals surface area contributed by atoms with Crippen LogP contribution in [0.25, 0.3) is 0 Å². The minimum Gasteiger partial charge on any atom is -0.392 e. The zero-order valence-electron chi connectivity index (χ0n) is 10.0. The number of hydrogen-bond donors (Lipinski definition) is 2. The molecular weight excluding hydrogens is 214 g/mol. The molecule has 4 nitrogen and oxygen atoms in total. The van der Waals surface area contributed by atoms with Crippen LogP contribution in [-0.4, -0.2) is 43.2 Å². The van der Waals surface area contributed by atoms with Gasteiger partial charge < -0.3 is 10.4 Å². The minimum absolute atomic E-state index is 0.0611. The van der Waals surface area contributed by atoms with E-state index in [1.165, 1.54) is 0 Å². The summed E-state index contributed by atoms with van der Waals surface area (Å²) in [7, 11) is -3.02. The fraction of sp³-hybridized carbons (Fsp3) is 1.00. The molecule has 0 aromatic heterocycles. The van der Waals surface area contributed by atoms with Crippen LogP contribution >= 0.6 is 0 Å². The van der Waals surface area contributed by atoms with Crippen LogP contribution in [0.3, 0.4) is 0 Å². The Morgan fingerprint density at radius 1 is 1.20 bits per heavy atom. The van der Waals surface area contributed by atoms with Crippen molar-refractivity contribution in [3.05, 3.63) is 0 Å². The van der Waals surface area contributed by atoms with Crippen molar-refractivity contribution < 1.29 is 13.5 Å². The Labute approximate surface area is 93.0 Å². The van der Waals surface area contributed by atoms with Gasteiger partial charge in [0, 0.05) is 12.6 Å². The first-order valence-electron chi connectivity index (χ1n) is 5.38. The van der Waals surface area contributed by atoms with Gasteiger partial charge in [0.15, 0.2) is 9.84 Å². The van der Waals surface area contributed by atoms with Gasteiger partial charge in [0.2, 0.25) is 0 Å². The number of nitrogens with one attached hydrogen (secondary N) is 1. The summed E-state index contributed by atoms with van der Waals surface area (Å²) < 4.78 is 22.9. The predicted molar refractivity (Wildman–Crippen MR) is 62.7 cm³/mol. The molecule has 0 heterocycles. The molecule has 0 radical (unpaired) electrons. The quantitative estimate of drug-likeness (QED) is 0.679. The second-order valence-corrected chi connectivity index (χ2v) is 7.10. The van der Waals surface area contributed by atoms with E-state index in [4.69, 9.17) is 0 Å². The summed E-state index contributed by atoms with van der Waals surface area (Å²) in [6.07, 6.45) is -0.277. The monoisotopic (exact) mass is 237 g/mol. The Kier molecular flexibility index (Phi) is 6.40. The highest BCUT2D eigenvalue weighted by Crippen LogP contribution is 2.04. The van der Waals surface area contributed by atoms with Crippen molar-refractivity contribution in [2.45, 2.75) is 51.5 Å². The lowest BCUT2D eigenvalue weighted by atomic mass is 10.2. The van der Waals surface area contributed by atoms with Crippen molar-refractivity contribution in [3.63, 3.8) is 0 Å². The van der Waals surface area contributed by atoms with E-state index in [0.29, 0.717) is 19.0 Å². The molecule has 2 N–H and O–H groups in total. The molecule has 5 heteroatoms. The molecule has 0 rings (SSSR count). The van der Waals surface area contributed by atoms with Gasteiger partial charge in [-0.05, 0) is 20.3 Å². The second-order valence-electron chi connectivity index (χ2n) is 4.42. The van der Waals surface area contributed by atoms with Crippen molar-refractivity contribution in [3.8, 4) is 0 Å². The summed E-state index contributed by atoms with van der Waals surface area (Å²) in [6, 6.07) is 0.307. The summed E-state index contributed by atoms with van der Waals surface area (Å²) in [5, 5.41) is 12.2. The average Bonchev–Trinajstić information content (AvgIpc) is 2.11. The molecule has 0 amide bonds. The first-order chi connectivity index (χ1) is 6.75. The smallest absolute Gasteiger partial charge is 0.152 e. The molecule has 92 valence electrons. The maximum atomic E-state index is 11.4. The van der Waals surface area contributed by atoms with Gasteiger partial charge in [-0.3, -0.25) is 0 Å². The number of aliphatic hydroxyl groups excluding tert-OH is 1. The van der Waals surface area contributed by atoms with Gasteiger partial charge >= 0.3 is 0 Å². The normalized spacial score (nSPS) is 14.9.